The number of carbonyl (C=O) groups is 4. The molecule has 8 nitrogen and oxygen atoms in total. The molecule has 0 aliphatic carbocycles. The highest BCUT2D eigenvalue weighted by atomic mass is 16.2. The van der Waals surface area contributed by atoms with Gasteiger partial charge in [-0.15, -0.1) is 0 Å². The van der Waals surface area contributed by atoms with Crippen molar-refractivity contribution in [3.63, 3.8) is 0 Å². The van der Waals surface area contributed by atoms with Crippen LogP contribution in [-0.4, -0.2) is 59.6 Å². The normalized spacial score (nSPS) is 15.7. The molecule has 3 aromatic carbocycles. The van der Waals surface area contributed by atoms with E-state index in [2.05, 4.69) is 10.6 Å². The van der Waals surface area contributed by atoms with Crippen LogP contribution in [0.1, 0.15) is 58.4 Å². The molecule has 0 spiro atoms. The number of amides is 4. The molecule has 2 N–H and O–H groups in total. The molecule has 3 aromatic rings. The number of carbonyl (C=O) groups excluding carboxylic acids is 4. The van der Waals surface area contributed by atoms with E-state index in [0.29, 0.717) is 48.4 Å². The fourth-order valence-corrected chi connectivity index (χ4v) is 5.46. The van der Waals surface area contributed by atoms with Crippen LogP contribution in [-0.2, 0) is 16.0 Å². The van der Waals surface area contributed by atoms with Crippen LogP contribution in [0, 0.1) is 5.92 Å². The first-order chi connectivity index (χ1) is 20.0. The number of likely N-dealkylation sites (tertiary alicyclic amines) is 2. The molecule has 2 saturated heterocycles. The van der Waals surface area contributed by atoms with E-state index in [-0.39, 0.29) is 36.0 Å². The van der Waals surface area contributed by atoms with Gasteiger partial charge in [0.1, 0.15) is 0 Å². The van der Waals surface area contributed by atoms with Crippen molar-refractivity contribution in [1.29, 1.82) is 0 Å². The van der Waals surface area contributed by atoms with Crippen molar-refractivity contribution < 1.29 is 19.2 Å². The van der Waals surface area contributed by atoms with Gasteiger partial charge in [0.15, 0.2) is 0 Å². The molecule has 2 fully saturated rings. The van der Waals surface area contributed by atoms with Crippen LogP contribution in [0.4, 0.5) is 11.4 Å². The standard InChI is InChI=1S/C33H36N4O4/c38-30(34-29-11-7-10-27(23-29)33(41)36-18-5-2-6-19-36)22-24-12-14-28(15-13-24)35-31(39)25-16-20-37(21-17-25)32(40)26-8-3-1-4-9-26/h1,3-4,7-15,23,25H,2,5-6,16-22H2,(H,34,38)(H,35,39). The van der Waals surface area contributed by atoms with Crippen molar-refractivity contribution in [3.05, 3.63) is 95.6 Å². The quantitative estimate of drug-likeness (QED) is 0.432. The Kier molecular flexibility index (Phi) is 9.08. The lowest BCUT2D eigenvalue weighted by Crippen LogP contribution is -2.41. The number of hydrogen-bond donors (Lipinski definition) is 2. The van der Waals surface area contributed by atoms with Crippen molar-refractivity contribution >= 4 is 35.0 Å². The van der Waals surface area contributed by atoms with Gasteiger partial charge in [-0.2, -0.15) is 0 Å². The fraction of sp³-hybridized carbons (Fsp3) is 0.333. The van der Waals surface area contributed by atoms with Crippen LogP contribution in [0.3, 0.4) is 0 Å². The Morgan fingerprint density at radius 1 is 0.634 bits per heavy atom. The van der Waals surface area contributed by atoms with Crippen molar-refractivity contribution in [2.24, 2.45) is 5.92 Å². The minimum atomic E-state index is -0.179. The van der Waals surface area contributed by atoms with Crippen LogP contribution in [0.2, 0.25) is 0 Å². The van der Waals surface area contributed by atoms with Gasteiger partial charge in [0, 0.05) is 54.6 Å². The maximum Gasteiger partial charge on any atom is 0.253 e. The summed E-state index contributed by atoms with van der Waals surface area (Å²) in [5, 5.41) is 5.87. The molecule has 2 heterocycles. The average molecular weight is 553 g/mol. The summed E-state index contributed by atoms with van der Waals surface area (Å²) in [7, 11) is 0. The van der Waals surface area contributed by atoms with E-state index in [9.17, 15) is 19.2 Å². The Hall–Kier alpha value is -4.46. The second-order valence-electron chi connectivity index (χ2n) is 10.8. The monoisotopic (exact) mass is 552 g/mol. The van der Waals surface area contributed by atoms with E-state index in [1.54, 1.807) is 36.4 Å². The van der Waals surface area contributed by atoms with E-state index in [4.69, 9.17) is 0 Å². The first kappa shape index (κ1) is 28.1. The maximum absolute atomic E-state index is 12.9. The highest BCUT2D eigenvalue weighted by Gasteiger charge is 2.28. The molecule has 2 aliphatic rings. The number of nitrogens with zero attached hydrogens (tertiary/aromatic N) is 2. The highest BCUT2D eigenvalue weighted by Crippen LogP contribution is 2.22. The largest absolute Gasteiger partial charge is 0.339 e. The number of hydrogen-bond acceptors (Lipinski definition) is 4. The highest BCUT2D eigenvalue weighted by molar-refractivity contribution is 5.98. The summed E-state index contributed by atoms with van der Waals surface area (Å²) in [5.74, 6) is -0.382. The number of nitrogens with one attached hydrogen (secondary N) is 2. The van der Waals surface area contributed by atoms with Crippen molar-refractivity contribution in [2.45, 2.75) is 38.5 Å². The van der Waals surface area contributed by atoms with Crippen molar-refractivity contribution in [3.8, 4) is 0 Å². The predicted molar refractivity (Wildman–Crippen MR) is 159 cm³/mol. The van der Waals surface area contributed by atoms with Crippen LogP contribution in [0.5, 0.6) is 0 Å². The molecule has 8 heteroatoms. The summed E-state index contributed by atoms with van der Waals surface area (Å²) < 4.78 is 0. The van der Waals surface area contributed by atoms with E-state index in [1.807, 2.05) is 52.3 Å². The van der Waals surface area contributed by atoms with Gasteiger partial charge in [0.05, 0.1) is 6.42 Å². The molecular formula is C33H36N4O4. The lowest BCUT2D eigenvalue weighted by atomic mass is 9.95. The second kappa shape index (κ2) is 13.3. The Morgan fingerprint density at radius 3 is 1.98 bits per heavy atom. The molecule has 41 heavy (non-hydrogen) atoms. The molecule has 0 aromatic heterocycles. The lowest BCUT2D eigenvalue weighted by Gasteiger charge is -2.31. The summed E-state index contributed by atoms with van der Waals surface area (Å²) in [6.45, 7) is 2.66. The average Bonchev–Trinajstić information content (AvgIpc) is 3.02. The molecule has 0 atom stereocenters. The molecule has 4 amide bonds. The van der Waals surface area contributed by atoms with Crippen molar-refractivity contribution in [2.75, 3.05) is 36.8 Å². The van der Waals surface area contributed by atoms with Gasteiger partial charge >= 0.3 is 0 Å². The molecule has 0 unspecified atom stereocenters. The summed E-state index contributed by atoms with van der Waals surface area (Å²) in [6, 6.07) is 23.5. The van der Waals surface area contributed by atoms with Gasteiger partial charge in [-0.1, -0.05) is 36.4 Å². The zero-order valence-electron chi connectivity index (χ0n) is 23.2. The predicted octanol–water partition coefficient (Wildman–Crippen LogP) is 4.98. The molecule has 0 radical (unpaired) electrons. The molecule has 212 valence electrons. The number of rotatable bonds is 7. The van der Waals surface area contributed by atoms with Crippen LogP contribution < -0.4 is 10.6 Å². The smallest absolute Gasteiger partial charge is 0.253 e. The maximum atomic E-state index is 12.9. The van der Waals surface area contributed by atoms with Gasteiger partial charge < -0.3 is 20.4 Å². The second-order valence-corrected chi connectivity index (χ2v) is 10.8. The number of piperidine rings is 2. The zero-order chi connectivity index (χ0) is 28.6. The molecule has 2 aliphatic heterocycles. The van der Waals surface area contributed by atoms with E-state index < -0.39 is 0 Å². The topological polar surface area (TPSA) is 98.8 Å². The third-order valence-electron chi connectivity index (χ3n) is 7.80. The Balaban J connectivity index is 1.08. The van der Waals surface area contributed by atoms with Crippen LogP contribution in [0.15, 0.2) is 78.9 Å². The molecule has 5 rings (SSSR count). The van der Waals surface area contributed by atoms with Gasteiger partial charge in [-0.3, -0.25) is 19.2 Å². The minimum absolute atomic E-state index is 0.00253. The third-order valence-corrected chi connectivity index (χ3v) is 7.80. The lowest BCUT2D eigenvalue weighted by molar-refractivity contribution is -0.121. The van der Waals surface area contributed by atoms with Crippen LogP contribution in [0.25, 0.3) is 0 Å². The molecule has 0 bridgehead atoms. The SMILES string of the molecule is O=C(Cc1ccc(NC(=O)C2CCN(C(=O)c3ccccc3)CC2)cc1)Nc1cccc(C(=O)N2CCCCC2)c1. The first-order valence-electron chi connectivity index (χ1n) is 14.4. The zero-order valence-corrected chi connectivity index (χ0v) is 23.2. The summed E-state index contributed by atoms with van der Waals surface area (Å²) in [4.78, 5) is 54.7. The van der Waals surface area contributed by atoms with E-state index >= 15 is 0 Å². The third kappa shape index (κ3) is 7.39. The molecule has 0 saturated carbocycles. The van der Waals surface area contributed by atoms with Gasteiger partial charge in [0.25, 0.3) is 11.8 Å². The summed E-state index contributed by atoms with van der Waals surface area (Å²) in [6.07, 6.45) is 4.63. The summed E-state index contributed by atoms with van der Waals surface area (Å²) >= 11 is 0. The van der Waals surface area contributed by atoms with Gasteiger partial charge in [-0.25, -0.2) is 0 Å². The van der Waals surface area contributed by atoms with Gasteiger partial charge in [-0.05, 0) is 80.1 Å². The van der Waals surface area contributed by atoms with Gasteiger partial charge in [0.2, 0.25) is 11.8 Å². The molecular weight excluding hydrogens is 516 g/mol. The Bertz CT molecular complexity index is 1380. The Morgan fingerprint density at radius 2 is 1.27 bits per heavy atom. The number of anilines is 2. The first-order valence-corrected chi connectivity index (χ1v) is 14.4. The summed E-state index contributed by atoms with van der Waals surface area (Å²) in [5.41, 5.74) is 3.33. The van der Waals surface area contributed by atoms with E-state index in [0.717, 1.165) is 37.9 Å². The van der Waals surface area contributed by atoms with Crippen LogP contribution >= 0.6 is 0 Å². The number of benzene rings is 3. The van der Waals surface area contributed by atoms with Crippen molar-refractivity contribution in [1.82, 2.24) is 9.80 Å². The fourth-order valence-electron chi connectivity index (χ4n) is 5.46. The Labute approximate surface area is 240 Å². The van der Waals surface area contributed by atoms with E-state index in [1.165, 1.54) is 0 Å². The minimum Gasteiger partial charge on any atom is -0.339 e.